The van der Waals surface area contributed by atoms with E-state index in [-0.39, 0.29) is 12.0 Å². The Morgan fingerprint density at radius 1 is 1.53 bits per heavy atom. The summed E-state index contributed by atoms with van der Waals surface area (Å²) in [5.74, 6) is -0.245. The first-order valence-electron chi connectivity index (χ1n) is 6.08. The summed E-state index contributed by atoms with van der Waals surface area (Å²) in [6, 6.07) is 0. The number of hydrogen-bond acceptors (Lipinski definition) is 6. The first kappa shape index (κ1) is 13.7. The average molecular weight is 280 g/mol. The van der Waals surface area contributed by atoms with Crippen molar-refractivity contribution in [1.82, 2.24) is 15.3 Å². The number of thiophene rings is 1. The molecule has 102 valence electrons. The topological polar surface area (TPSA) is 101 Å². The van der Waals surface area contributed by atoms with Crippen molar-refractivity contribution in [2.45, 2.75) is 25.9 Å². The smallest absolute Gasteiger partial charge is 0.263 e. The van der Waals surface area contributed by atoms with E-state index in [1.54, 1.807) is 12.4 Å². The van der Waals surface area contributed by atoms with E-state index in [4.69, 9.17) is 5.73 Å². The highest BCUT2D eigenvalue weighted by molar-refractivity contribution is 7.21. The number of nitrogen functional groups attached to an aromatic ring is 1. The molecule has 2 aromatic heterocycles. The maximum absolute atomic E-state index is 12.0. The van der Waals surface area contributed by atoms with Gasteiger partial charge in [0, 0.05) is 18.9 Å². The zero-order valence-electron chi connectivity index (χ0n) is 10.6. The second-order valence-corrected chi connectivity index (χ2v) is 5.16. The normalized spacial score (nSPS) is 12.5. The second kappa shape index (κ2) is 5.94. The summed E-state index contributed by atoms with van der Waals surface area (Å²) in [7, 11) is 0. The van der Waals surface area contributed by atoms with Crippen molar-refractivity contribution in [3.8, 4) is 0 Å². The fourth-order valence-corrected chi connectivity index (χ4v) is 2.59. The Balaban J connectivity index is 2.07. The largest absolute Gasteiger partial charge is 0.396 e. The molecule has 19 heavy (non-hydrogen) atoms. The Kier molecular flexibility index (Phi) is 4.28. The van der Waals surface area contributed by atoms with Crippen LogP contribution in [0.1, 0.15) is 29.4 Å². The molecule has 7 heteroatoms. The van der Waals surface area contributed by atoms with Crippen LogP contribution in [-0.2, 0) is 0 Å². The zero-order chi connectivity index (χ0) is 13.8. The number of fused-ring (bicyclic) bond motifs is 1. The van der Waals surface area contributed by atoms with Crippen molar-refractivity contribution < 1.29 is 9.90 Å². The van der Waals surface area contributed by atoms with Gasteiger partial charge in [-0.3, -0.25) is 4.79 Å². The number of carbonyl (C=O) groups is 1. The molecule has 0 saturated carbocycles. The minimum absolute atomic E-state index is 0.245. The molecule has 1 unspecified atom stereocenters. The van der Waals surface area contributed by atoms with Crippen LogP contribution in [0.3, 0.4) is 0 Å². The Hall–Kier alpha value is -1.73. The van der Waals surface area contributed by atoms with E-state index in [9.17, 15) is 9.90 Å². The van der Waals surface area contributed by atoms with Gasteiger partial charge in [0.1, 0.15) is 15.2 Å². The monoisotopic (exact) mass is 280 g/mol. The third-order valence-corrected chi connectivity index (χ3v) is 3.91. The van der Waals surface area contributed by atoms with Crippen LogP contribution >= 0.6 is 11.3 Å². The van der Waals surface area contributed by atoms with Crippen molar-refractivity contribution in [2.75, 3.05) is 12.3 Å². The third-order valence-electron chi connectivity index (χ3n) is 2.80. The minimum Gasteiger partial charge on any atom is -0.396 e. The first-order valence-corrected chi connectivity index (χ1v) is 6.90. The van der Waals surface area contributed by atoms with Gasteiger partial charge in [-0.15, -0.1) is 11.3 Å². The molecule has 2 heterocycles. The Morgan fingerprint density at radius 2 is 2.26 bits per heavy atom. The molecule has 0 radical (unpaired) electrons. The quantitative estimate of drug-likeness (QED) is 0.763. The third kappa shape index (κ3) is 2.99. The lowest BCUT2D eigenvalue weighted by molar-refractivity contribution is 0.0947. The van der Waals surface area contributed by atoms with Crippen molar-refractivity contribution in [1.29, 1.82) is 0 Å². The van der Waals surface area contributed by atoms with E-state index in [1.807, 2.05) is 6.92 Å². The Morgan fingerprint density at radius 3 is 2.95 bits per heavy atom. The molecule has 6 nitrogen and oxygen atoms in total. The first-order chi connectivity index (χ1) is 9.13. The van der Waals surface area contributed by atoms with E-state index in [1.165, 1.54) is 11.3 Å². The van der Waals surface area contributed by atoms with Gasteiger partial charge in [0.15, 0.2) is 0 Å². The van der Waals surface area contributed by atoms with Gasteiger partial charge in [-0.25, -0.2) is 9.97 Å². The molecule has 2 aromatic rings. The van der Waals surface area contributed by atoms with Gasteiger partial charge in [0.2, 0.25) is 0 Å². The second-order valence-electron chi connectivity index (χ2n) is 4.16. The summed E-state index contributed by atoms with van der Waals surface area (Å²) in [6.07, 6.45) is 3.93. The molecule has 0 fully saturated rings. The van der Waals surface area contributed by atoms with E-state index in [2.05, 4.69) is 15.3 Å². The number of amides is 1. The van der Waals surface area contributed by atoms with Crippen LogP contribution in [0.25, 0.3) is 10.3 Å². The molecule has 1 atom stereocenters. The number of hydrogen-bond donors (Lipinski definition) is 3. The highest BCUT2D eigenvalue weighted by Crippen LogP contribution is 2.30. The van der Waals surface area contributed by atoms with Crippen LogP contribution in [0.4, 0.5) is 5.69 Å². The standard InChI is InChI=1S/C12H16N4O2S/c1-2-7(17)3-4-15-11(18)10-8(13)9-12(19-10)16-6-5-14-9/h5-7,17H,2-4,13H2,1H3,(H,15,18). The van der Waals surface area contributed by atoms with Crippen molar-refractivity contribution in [3.05, 3.63) is 17.3 Å². The maximum atomic E-state index is 12.0. The zero-order valence-corrected chi connectivity index (χ0v) is 11.4. The number of rotatable bonds is 5. The number of nitrogens with two attached hydrogens (primary N) is 1. The average Bonchev–Trinajstić information content (AvgIpc) is 2.76. The number of anilines is 1. The molecule has 0 aliphatic heterocycles. The van der Waals surface area contributed by atoms with Gasteiger partial charge in [-0.05, 0) is 12.8 Å². The maximum Gasteiger partial charge on any atom is 0.263 e. The summed E-state index contributed by atoms with van der Waals surface area (Å²) < 4.78 is 0. The minimum atomic E-state index is -0.386. The van der Waals surface area contributed by atoms with Crippen molar-refractivity contribution in [3.63, 3.8) is 0 Å². The lowest BCUT2D eigenvalue weighted by Crippen LogP contribution is -2.26. The molecular weight excluding hydrogens is 264 g/mol. The van der Waals surface area contributed by atoms with E-state index in [0.29, 0.717) is 40.3 Å². The summed E-state index contributed by atoms with van der Waals surface area (Å²) in [4.78, 5) is 21.3. The molecular formula is C12H16N4O2S. The lowest BCUT2D eigenvalue weighted by Gasteiger charge is -2.08. The predicted molar refractivity (Wildman–Crippen MR) is 75.1 cm³/mol. The number of nitrogens with zero attached hydrogens (tertiary/aromatic N) is 2. The van der Waals surface area contributed by atoms with Gasteiger partial charge >= 0.3 is 0 Å². The molecule has 0 saturated heterocycles. The van der Waals surface area contributed by atoms with E-state index >= 15 is 0 Å². The fourth-order valence-electron chi connectivity index (χ4n) is 1.65. The van der Waals surface area contributed by atoms with Gasteiger partial charge in [-0.1, -0.05) is 6.92 Å². The number of aromatic nitrogens is 2. The SMILES string of the molecule is CCC(O)CCNC(=O)c1sc2nccnc2c1N. The summed E-state index contributed by atoms with van der Waals surface area (Å²) in [6.45, 7) is 2.32. The van der Waals surface area contributed by atoms with Crippen molar-refractivity contribution >= 4 is 33.3 Å². The van der Waals surface area contributed by atoms with Gasteiger partial charge in [0.25, 0.3) is 5.91 Å². The molecule has 0 bridgehead atoms. The molecule has 1 amide bonds. The Bertz CT molecular complexity index is 584. The number of carbonyl (C=O) groups excluding carboxylic acids is 1. The van der Waals surface area contributed by atoms with E-state index in [0.717, 1.165) is 0 Å². The number of aliphatic hydroxyl groups excluding tert-OH is 1. The summed E-state index contributed by atoms with van der Waals surface area (Å²) >= 11 is 1.22. The highest BCUT2D eigenvalue weighted by atomic mass is 32.1. The van der Waals surface area contributed by atoms with Crippen LogP contribution in [0.5, 0.6) is 0 Å². The highest BCUT2D eigenvalue weighted by Gasteiger charge is 2.17. The molecule has 4 N–H and O–H groups in total. The van der Waals surface area contributed by atoms with Crippen molar-refractivity contribution in [2.24, 2.45) is 0 Å². The van der Waals surface area contributed by atoms with Crippen LogP contribution < -0.4 is 11.1 Å². The molecule has 0 aromatic carbocycles. The lowest BCUT2D eigenvalue weighted by atomic mass is 10.2. The van der Waals surface area contributed by atoms with E-state index < -0.39 is 0 Å². The fraction of sp³-hybridized carbons (Fsp3) is 0.417. The number of nitrogens with one attached hydrogen (secondary N) is 1. The van der Waals surface area contributed by atoms with Gasteiger partial charge in [-0.2, -0.15) is 0 Å². The molecule has 0 aliphatic rings. The summed E-state index contributed by atoms with van der Waals surface area (Å²) in [5, 5.41) is 12.2. The number of aliphatic hydroxyl groups is 1. The molecule has 0 spiro atoms. The van der Waals surface area contributed by atoms with Crippen LogP contribution in [0.15, 0.2) is 12.4 Å². The van der Waals surface area contributed by atoms with Crippen LogP contribution in [0.2, 0.25) is 0 Å². The van der Waals surface area contributed by atoms with Crippen LogP contribution in [0, 0.1) is 0 Å². The molecule has 2 rings (SSSR count). The van der Waals surface area contributed by atoms with Gasteiger partial charge in [0.05, 0.1) is 11.8 Å². The predicted octanol–water partition coefficient (Wildman–Crippen LogP) is 1.16. The molecule has 0 aliphatic carbocycles. The van der Waals surface area contributed by atoms with Crippen LogP contribution in [-0.4, -0.2) is 33.6 Å². The summed E-state index contributed by atoms with van der Waals surface area (Å²) in [5.41, 5.74) is 6.82. The Labute approximate surface area is 114 Å². The van der Waals surface area contributed by atoms with Gasteiger partial charge < -0.3 is 16.2 Å².